The number of methoxy groups -OCH3 is 1. The number of carbonyl (C=O) groups excluding carboxylic acids is 1. The third kappa shape index (κ3) is 6.06. The molecule has 0 N–H and O–H groups in total. The summed E-state index contributed by atoms with van der Waals surface area (Å²) in [5.41, 5.74) is 2.67. The molecule has 0 aliphatic carbocycles. The molecule has 0 amide bonds. The van der Waals surface area contributed by atoms with Crippen molar-refractivity contribution in [1.29, 1.82) is 0 Å². The Balaban J connectivity index is 1.45. The zero-order valence-corrected chi connectivity index (χ0v) is 28.1. The van der Waals surface area contributed by atoms with Crippen LogP contribution in [-0.4, -0.2) is 24.3 Å². The SMILES string of the molecule is CCOC(=O)C1=C(C)N=c2s/c(=C/c3cc(Cl)c(OCc4ccc(Cl)cc4Cl)c(OC)c3)c(=O)n2[C@H]1c1cccc2ccccc12. The number of carbonyl (C=O) groups is 1. The van der Waals surface area contributed by atoms with E-state index in [0.29, 0.717) is 47.7 Å². The molecule has 0 saturated carbocycles. The fourth-order valence-electron chi connectivity index (χ4n) is 5.48. The monoisotopic (exact) mass is 692 g/mol. The van der Waals surface area contributed by atoms with E-state index in [4.69, 9.17) is 54.0 Å². The molecule has 4 aromatic carbocycles. The van der Waals surface area contributed by atoms with Gasteiger partial charge >= 0.3 is 5.97 Å². The molecule has 11 heteroatoms. The van der Waals surface area contributed by atoms with Crippen LogP contribution in [0.3, 0.4) is 0 Å². The average molecular weight is 694 g/mol. The van der Waals surface area contributed by atoms with Crippen LogP contribution in [0.2, 0.25) is 15.1 Å². The fraction of sp³-hybridized carbons (Fsp3) is 0.171. The number of fused-ring (bicyclic) bond motifs is 2. The van der Waals surface area contributed by atoms with Gasteiger partial charge in [0.05, 0.1) is 40.6 Å². The van der Waals surface area contributed by atoms with Crippen molar-refractivity contribution in [2.75, 3.05) is 13.7 Å². The first-order valence-electron chi connectivity index (χ1n) is 14.3. The number of benzene rings is 4. The van der Waals surface area contributed by atoms with Crippen molar-refractivity contribution in [2.24, 2.45) is 4.99 Å². The summed E-state index contributed by atoms with van der Waals surface area (Å²) in [5, 5.41) is 3.19. The number of hydrogen-bond acceptors (Lipinski definition) is 7. The van der Waals surface area contributed by atoms with Crippen LogP contribution in [0.5, 0.6) is 11.5 Å². The molecular weight excluding hydrogens is 667 g/mol. The van der Waals surface area contributed by atoms with Crippen LogP contribution >= 0.6 is 46.1 Å². The number of allylic oxidation sites excluding steroid dienone is 1. The van der Waals surface area contributed by atoms with Gasteiger partial charge in [0.2, 0.25) is 0 Å². The lowest BCUT2D eigenvalue weighted by Gasteiger charge is -2.25. The average Bonchev–Trinajstić information content (AvgIpc) is 3.33. The summed E-state index contributed by atoms with van der Waals surface area (Å²) in [5.74, 6) is 0.202. The number of nitrogens with zero attached hydrogens (tertiary/aromatic N) is 2. The zero-order valence-electron chi connectivity index (χ0n) is 25.0. The molecule has 46 heavy (non-hydrogen) atoms. The quantitative estimate of drug-likeness (QED) is 0.157. The largest absolute Gasteiger partial charge is 0.493 e. The number of rotatable bonds is 8. The molecule has 0 bridgehead atoms. The fourth-order valence-corrected chi connectivity index (χ4v) is 7.26. The minimum absolute atomic E-state index is 0.139. The Bertz CT molecular complexity index is 2220. The maximum Gasteiger partial charge on any atom is 0.338 e. The van der Waals surface area contributed by atoms with Crippen LogP contribution in [-0.2, 0) is 16.1 Å². The summed E-state index contributed by atoms with van der Waals surface area (Å²) >= 11 is 20.2. The first-order valence-corrected chi connectivity index (χ1v) is 16.3. The predicted molar refractivity (Wildman–Crippen MR) is 183 cm³/mol. The highest BCUT2D eigenvalue weighted by atomic mass is 35.5. The van der Waals surface area contributed by atoms with E-state index >= 15 is 0 Å². The topological polar surface area (TPSA) is 79.1 Å². The van der Waals surface area contributed by atoms with Gasteiger partial charge in [0.15, 0.2) is 16.3 Å². The van der Waals surface area contributed by atoms with Crippen LogP contribution in [0.1, 0.15) is 36.6 Å². The molecule has 0 unspecified atom stereocenters. The summed E-state index contributed by atoms with van der Waals surface area (Å²) in [6.45, 7) is 3.85. The van der Waals surface area contributed by atoms with E-state index in [1.165, 1.54) is 18.4 Å². The van der Waals surface area contributed by atoms with E-state index < -0.39 is 12.0 Å². The number of esters is 1. The van der Waals surface area contributed by atoms with Gasteiger partial charge in [0, 0.05) is 15.6 Å². The normalized spacial score (nSPS) is 14.7. The van der Waals surface area contributed by atoms with E-state index in [2.05, 4.69) is 0 Å². The van der Waals surface area contributed by atoms with E-state index in [1.54, 1.807) is 54.8 Å². The molecule has 1 aliphatic heterocycles. The van der Waals surface area contributed by atoms with Gasteiger partial charge in [-0.05, 0) is 66.1 Å². The summed E-state index contributed by atoms with van der Waals surface area (Å²) < 4.78 is 19.0. The second-order valence-electron chi connectivity index (χ2n) is 10.4. The Kier molecular flexibility index (Phi) is 9.25. The van der Waals surface area contributed by atoms with Crippen molar-refractivity contribution in [3.63, 3.8) is 0 Å². The second kappa shape index (κ2) is 13.3. The molecule has 0 radical (unpaired) electrons. The molecule has 0 fully saturated rings. The minimum Gasteiger partial charge on any atom is -0.493 e. The number of thiazole rings is 1. The van der Waals surface area contributed by atoms with Crippen molar-refractivity contribution < 1.29 is 19.0 Å². The summed E-state index contributed by atoms with van der Waals surface area (Å²) in [4.78, 5) is 32.7. The van der Waals surface area contributed by atoms with Gasteiger partial charge in [-0.1, -0.05) is 94.7 Å². The Morgan fingerprint density at radius 1 is 1.02 bits per heavy atom. The van der Waals surface area contributed by atoms with Crippen molar-refractivity contribution in [3.05, 3.63) is 136 Å². The predicted octanol–water partition coefficient (Wildman–Crippen LogP) is 7.50. The van der Waals surface area contributed by atoms with E-state index in [0.717, 1.165) is 21.9 Å². The van der Waals surface area contributed by atoms with Crippen LogP contribution in [0.15, 0.2) is 93.9 Å². The lowest BCUT2D eigenvalue weighted by Crippen LogP contribution is -2.40. The van der Waals surface area contributed by atoms with Gasteiger partial charge in [-0.3, -0.25) is 9.36 Å². The van der Waals surface area contributed by atoms with Gasteiger partial charge in [-0.2, -0.15) is 0 Å². The maximum absolute atomic E-state index is 14.2. The molecule has 0 saturated heterocycles. The Hall–Kier alpha value is -4.08. The van der Waals surface area contributed by atoms with Crippen molar-refractivity contribution in [3.8, 4) is 11.5 Å². The third-order valence-corrected chi connectivity index (χ3v) is 9.42. The van der Waals surface area contributed by atoms with E-state index in [-0.39, 0.29) is 23.8 Å². The van der Waals surface area contributed by atoms with Gasteiger partial charge in [0.25, 0.3) is 5.56 Å². The summed E-state index contributed by atoms with van der Waals surface area (Å²) in [6.07, 6.45) is 1.72. The van der Waals surface area contributed by atoms with Crippen molar-refractivity contribution in [1.82, 2.24) is 4.57 Å². The number of aromatic nitrogens is 1. The molecule has 1 aromatic heterocycles. The Morgan fingerprint density at radius 3 is 2.57 bits per heavy atom. The van der Waals surface area contributed by atoms with Crippen LogP contribution in [0, 0.1) is 0 Å². The van der Waals surface area contributed by atoms with Crippen molar-refractivity contribution >= 4 is 69.0 Å². The van der Waals surface area contributed by atoms with E-state index in [1.807, 2.05) is 42.5 Å². The minimum atomic E-state index is -0.739. The lowest BCUT2D eigenvalue weighted by molar-refractivity contribution is -0.139. The molecule has 2 heterocycles. The maximum atomic E-state index is 14.2. The molecular formula is C35H27Cl3N2O5S. The number of hydrogen-bond donors (Lipinski definition) is 0. The molecule has 5 aromatic rings. The van der Waals surface area contributed by atoms with Gasteiger partial charge in [-0.25, -0.2) is 9.79 Å². The highest BCUT2D eigenvalue weighted by Crippen LogP contribution is 2.38. The summed E-state index contributed by atoms with van der Waals surface area (Å²) in [7, 11) is 1.51. The standard InChI is InChI=1S/C35H27Cl3N2O5S/c1-4-44-34(42)30-19(2)39-35-40(31(30)25-11-7-9-21-8-5-6-10-24(21)25)33(41)29(46-35)16-20-14-27(38)32(28(15-20)43-3)45-18-22-12-13-23(36)17-26(22)37/h5-17,31H,4,18H2,1-3H3/b29-16+/t31-/m0/s1. The van der Waals surface area contributed by atoms with Crippen LogP contribution in [0.25, 0.3) is 16.8 Å². The molecule has 1 aliphatic rings. The molecule has 7 nitrogen and oxygen atoms in total. The molecule has 0 spiro atoms. The van der Waals surface area contributed by atoms with Crippen molar-refractivity contribution in [2.45, 2.75) is 26.5 Å². The number of ether oxygens (including phenoxy) is 3. The van der Waals surface area contributed by atoms with Gasteiger partial charge in [0.1, 0.15) is 6.61 Å². The van der Waals surface area contributed by atoms with Crippen LogP contribution in [0.4, 0.5) is 0 Å². The zero-order chi connectivity index (χ0) is 32.5. The van der Waals surface area contributed by atoms with Crippen LogP contribution < -0.4 is 24.4 Å². The highest BCUT2D eigenvalue weighted by molar-refractivity contribution is 7.07. The lowest BCUT2D eigenvalue weighted by atomic mass is 9.91. The molecule has 6 rings (SSSR count). The van der Waals surface area contributed by atoms with E-state index in [9.17, 15) is 9.59 Å². The first kappa shape index (κ1) is 31.9. The molecule has 1 atom stereocenters. The number of halogens is 3. The van der Waals surface area contributed by atoms with Gasteiger partial charge in [-0.15, -0.1) is 0 Å². The second-order valence-corrected chi connectivity index (χ2v) is 12.7. The van der Waals surface area contributed by atoms with Gasteiger partial charge < -0.3 is 14.2 Å². The smallest absolute Gasteiger partial charge is 0.338 e. The Labute approximate surface area is 283 Å². The highest BCUT2D eigenvalue weighted by Gasteiger charge is 2.34. The molecule has 234 valence electrons. The summed E-state index contributed by atoms with van der Waals surface area (Å²) in [6, 6.07) is 21.6. The first-order chi connectivity index (χ1) is 22.2. The Morgan fingerprint density at radius 2 is 1.80 bits per heavy atom. The third-order valence-electron chi connectivity index (χ3n) is 7.57.